The molecule has 2 aliphatic rings. The molecule has 0 atom stereocenters. The summed E-state index contributed by atoms with van der Waals surface area (Å²) in [5.41, 5.74) is 6.57. The van der Waals surface area contributed by atoms with E-state index in [1.807, 2.05) is 30.3 Å². The molecular weight excluding hydrogens is 336 g/mol. The summed E-state index contributed by atoms with van der Waals surface area (Å²) in [6, 6.07) is 16.7. The van der Waals surface area contributed by atoms with Gasteiger partial charge in [0, 0.05) is 13.1 Å². The number of nitrogens with zero attached hydrogens (tertiary/aromatic N) is 1. The van der Waals surface area contributed by atoms with Crippen LogP contribution in [0.25, 0.3) is 5.57 Å². The van der Waals surface area contributed by atoms with Crippen LogP contribution in [0.1, 0.15) is 28.7 Å². The first-order valence-electron chi connectivity index (χ1n) is 9.77. The normalized spacial score (nSPS) is 16.9. The average Bonchev–Trinajstić information content (AvgIpc) is 2.98. The Hall–Kier alpha value is -2.59. The van der Waals surface area contributed by atoms with Crippen molar-refractivity contribution in [2.45, 2.75) is 25.9 Å². The first-order valence-corrected chi connectivity index (χ1v) is 9.77. The lowest BCUT2D eigenvalue weighted by atomic mass is 9.94. The number of hydrogen-bond acceptors (Lipinski definition) is 3. The molecule has 1 N–H and O–H groups in total. The number of ether oxygens (including phenoxy) is 1. The number of rotatable bonds is 3. The Morgan fingerprint density at radius 3 is 2.59 bits per heavy atom. The Morgan fingerprint density at radius 2 is 1.81 bits per heavy atom. The van der Waals surface area contributed by atoms with Crippen LogP contribution >= 0.6 is 0 Å². The van der Waals surface area contributed by atoms with E-state index in [2.05, 4.69) is 29.6 Å². The summed E-state index contributed by atoms with van der Waals surface area (Å²) in [4.78, 5) is 14.1. The highest BCUT2D eigenvalue weighted by Gasteiger charge is 2.20. The first-order chi connectivity index (χ1) is 13.3. The Kier molecular flexibility index (Phi) is 5.54. The van der Waals surface area contributed by atoms with Gasteiger partial charge in [-0.15, -0.1) is 0 Å². The molecule has 2 aromatic carbocycles. The molecule has 140 valence electrons. The molecule has 0 spiro atoms. The first kappa shape index (κ1) is 17.8. The zero-order chi connectivity index (χ0) is 18.5. The van der Waals surface area contributed by atoms with Crippen LogP contribution in [0.3, 0.4) is 0 Å². The second-order valence-electron chi connectivity index (χ2n) is 7.20. The Labute approximate surface area is 160 Å². The molecule has 0 saturated heterocycles. The van der Waals surface area contributed by atoms with Crippen LogP contribution in [-0.4, -0.2) is 37.2 Å². The lowest BCUT2D eigenvalue weighted by Gasteiger charge is -2.26. The van der Waals surface area contributed by atoms with Gasteiger partial charge in [-0.3, -0.25) is 0 Å². The van der Waals surface area contributed by atoms with Gasteiger partial charge in [0.05, 0.1) is 0 Å². The number of carbonyl (C=O) groups excluding carboxylic acids is 1. The number of amides is 1. The van der Waals surface area contributed by atoms with E-state index in [4.69, 9.17) is 4.74 Å². The highest BCUT2D eigenvalue weighted by Crippen LogP contribution is 2.26. The van der Waals surface area contributed by atoms with E-state index >= 15 is 0 Å². The standard InChI is InChI=1S/C23H26N2O2/c26-23(27-17-18-4-2-1-3-5-18)25-14-10-20(11-15-25)21-7-6-19-8-12-24-13-9-22(19)16-21/h1-7,10,16,24H,8-9,11-15,17H2. The lowest BCUT2D eigenvalue weighted by Crippen LogP contribution is -2.35. The lowest BCUT2D eigenvalue weighted by molar-refractivity contribution is 0.0998. The van der Waals surface area contributed by atoms with E-state index in [1.165, 1.54) is 22.3 Å². The zero-order valence-corrected chi connectivity index (χ0v) is 15.6. The average molecular weight is 362 g/mol. The molecule has 0 unspecified atom stereocenters. The van der Waals surface area contributed by atoms with Crippen molar-refractivity contribution in [1.82, 2.24) is 10.2 Å². The molecule has 0 saturated carbocycles. The fraction of sp³-hybridized carbons (Fsp3) is 0.348. The maximum Gasteiger partial charge on any atom is 0.410 e. The van der Waals surface area contributed by atoms with Gasteiger partial charge in [0.1, 0.15) is 6.61 Å². The van der Waals surface area contributed by atoms with Gasteiger partial charge in [-0.05, 0) is 60.2 Å². The number of carbonyl (C=O) groups is 1. The Bertz CT molecular complexity index is 830. The summed E-state index contributed by atoms with van der Waals surface area (Å²) in [5.74, 6) is 0. The van der Waals surface area contributed by atoms with Crippen molar-refractivity contribution in [1.29, 1.82) is 0 Å². The van der Waals surface area contributed by atoms with Crippen molar-refractivity contribution < 1.29 is 9.53 Å². The molecule has 1 amide bonds. The maximum atomic E-state index is 12.3. The van der Waals surface area contributed by atoms with Crippen LogP contribution in [0, 0.1) is 0 Å². The van der Waals surface area contributed by atoms with Crippen LogP contribution in [0.15, 0.2) is 54.6 Å². The largest absolute Gasteiger partial charge is 0.445 e. The number of benzene rings is 2. The van der Waals surface area contributed by atoms with Crippen LogP contribution in [0.2, 0.25) is 0 Å². The molecule has 4 nitrogen and oxygen atoms in total. The van der Waals surface area contributed by atoms with E-state index in [9.17, 15) is 4.79 Å². The third-order valence-electron chi connectivity index (χ3n) is 5.39. The van der Waals surface area contributed by atoms with Gasteiger partial charge in [0.2, 0.25) is 0 Å². The molecule has 27 heavy (non-hydrogen) atoms. The van der Waals surface area contributed by atoms with Gasteiger partial charge in [0.15, 0.2) is 0 Å². The molecule has 2 aliphatic heterocycles. The molecule has 0 radical (unpaired) electrons. The Morgan fingerprint density at radius 1 is 1.00 bits per heavy atom. The van der Waals surface area contributed by atoms with Gasteiger partial charge in [-0.2, -0.15) is 0 Å². The van der Waals surface area contributed by atoms with E-state index in [-0.39, 0.29) is 6.09 Å². The van der Waals surface area contributed by atoms with E-state index in [0.29, 0.717) is 19.7 Å². The molecule has 0 bridgehead atoms. The van der Waals surface area contributed by atoms with E-state index in [1.54, 1.807) is 4.90 Å². The molecule has 2 aromatic rings. The van der Waals surface area contributed by atoms with Gasteiger partial charge >= 0.3 is 6.09 Å². The van der Waals surface area contributed by atoms with Crippen LogP contribution in [0.4, 0.5) is 4.79 Å². The Balaban J connectivity index is 1.37. The minimum atomic E-state index is -0.234. The fourth-order valence-corrected chi connectivity index (χ4v) is 3.78. The smallest absolute Gasteiger partial charge is 0.410 e. The van der Waals surface area contributed by atoms with Gasteiger partial charge in [-0.1, -0.05) is 54.6 Å². The zero-order valence-electron chi connectivity index (χ0n) is 15.6. The predicted molar refractivity (Wildman–Crippen MR) is 108 cm³/mol. The number of nitrogens with one attached hydrogen (secondary N) is 1. The molecule has 0 fully saturated rings. The molecule has 0 aliphatic carbocycles. The molecular formula is C23H26N2O2. The summed E-state index contributed by atoms with van der Waals surface area (Å²) >= 11 is 0. The highest BCUT2D eigenvalue weighted by molar-refractivity contribution is 5.73. The minimum Gasteiger partial charge on any atom is -0.445 e. The van der Waals surface area contributed by atoms with Crippen molar-refractivity contribution in [3.8, 4) is 0 Å². The summed E-state index contributed by atoms with van der Waals surface area (Å²) in [7, 11) is 0. The minimum absolute atomic E-state index is 0.234. The summed E-state index contributed by atoms with van der Waals surface area (Å²) in [6.45, 7) is 3.76. The van der Waals surface area contributed by atoms with Crippen molar-refractivity contribution in [2.75, 3.05) is 26.2 Å². The monoisotopic (exact) mass is 362 g/mol. The second-order valence-corrected chi connectivity index (χ2v) is 7.20. The number of hydrogen-bond donors (Lipinski definition) is 1. The van der Waals surface area contributed by atoms with Gasteiger partial charge < -0.3 is 15.0 Å². The van der Waals surface area contributed by atoms with Crippen LogP contribution < -0.4 is 5.32 Å². The number of fused-ring (bicyclic) bond motifs is 1. The molecule has 0 aromatic heterocycles. The van der Waals surface area contributed by atoms with Gasteiger partial charge in [-0.25, -0.2) is 4.79 Å². The molecule has 4 heteroatoms. The molecule has 2 heterocycles. The predicted octanol–water partition coefficient (Wildman–Crippen LogP) is 3.80. The SMILES string of the molecule is O=C(OCc1ccccc1)N1CC=C(c2ccc3c(c2)CCNCC3)CC1. The second kappa shape index (κ2) is 8.40. The fourth-order valence-electron chi connectivity index (χ4n) is 3.78. The van der Waals surface area contributed by atoms with E-state index < -0.39 is 0 Å². The summed E-state index contributed by atoms with van der Waals surface area (Å²) < 4.78 is 5.45. The van der Waals surface area contributed by atoms with Gasteiger partial charge in [0.25, 0.3) is 0 Å². The maximum absolute atomic E-state index is 12.3. The quantitative estimate of drug-likeness (QED) is 0.903. The van der Waals surface area contributed by atoms with Crippen molar-refractivity contribution >= 4 is 11.7 Å². The van der Waals surface area contributed by atoms with Crippen LogP contribution in [-0.2, 0) is 24.2 Å². The summed E-state index contributed by atoms with van der Waals surface area (Å²) in [5, 5.41) is 3.46. The van der Waals surface area contributed by atoms with Crippen LogP contribution in [0.5, 0.6) is 0 Å². The topological polar surface area (TPSA) is 41.6 Å². The van der Waals surface area contributed by atoms with Crippen molar-refractivity contribution in [3.63, 3.8) is 0 Å². The highest BCUT2D eigenvalue weighted by atomic mass is 16.6. The van der Waals surface area contributed by atoms with E-state index in [0.717, 1.165) is 37.9 Å². The third kappa shape index (κ3) is 4.40. The third-order valence-corrected chi connectivity index (χ3v) is 5.39. The summed E-state index contributed by atoms with van der Waals surface area (Å²) in [6.07, 6.45) is 5.01. The van der Waals surface area contributed by atoms with Crippen molar-refractivity contribution in [3.05, 3.63) is 76.9 Å². The van der Waals surface area contributed by atoms with Crippen molar-refractivity contribution in [2.24, 2.45) is 0 Å². The molecule has 4 rings (SSSR count).